The quantitative estimate of drug-likeness (QED) is 0.766. The summed E-state index contributed by atoms with van der Waals surface area (Å²) in [5.41, 5.74) is 0.657. The van der Waals surface area contributed by atoms with Crippen LogP contribution in [0.15, 0.2) is 6.20 Å². The Morgan fingerprint density at radius 2 is 2.05 bits per heavy atom. The molecule has 106 valence electrons. The van der Waals surface area contributed by atoms with Crippen LogP contribution in [-0.4, -0.2) is 22.7 Å². The van der Waals surface area contributed by atoms with Crippen LogP contribution >= 0.6 is 0 Å². The summed E-state index contributed by atoms with van der Waals surface area (Å²) >= 11 is 0. The summed E-state index contributed by atoms with van der Waals surface area (Å²) in [5.74, 6) is 1.79. The summed E-state index contributed by atoms with van der Waals surface area (Å²) in [4.78, 5) is 12.7. The van der Waals surface area contributed by atoms with Gasteiger partial charge in [-0.2, -0.15) is 5.10 Å². The number of nitrogens with zero attached hydrogens (tertiary/aromatic N) is 2. The third-order valence-corrected chi connectivity index (χ3v) is 4.35. The van der Waals surface area contributed by atoms with Crippen LogP contribution in [0.4, 0.5) is 0 Å². The van der Waals surface area contributed by atoms with Crippen molar-refractivity contribution >= 4 is 5.78 Å². The lowest BCUT2D eigenvalue weighted by molar-refractivity contribution is 0.0856. The molecule has 1 saturated carbocycles. The number of methoxy groups -OCH3 is 1. The Bertz CT molecular complexity index is 410. The van der Waals surface area contributed by atoms with Crippen molar-refractivity contribution in [2.75, 3.05) is 7.11 Å². The fraction of sp³-hybridized carbons (Fsp3) is 0.733. The number of aromatic nitrogens is 2. The number of hydrogen-bond acceptors (Lipinski definition) is 3. The SMILES string of the molecule is CCC1CCC(C(=O)c2c(OC)cnn2CC)CC1. The fourth-order valence-corrected chi connectivity index (χ4v) is 3.03. The van der Waals surface area contributed by atoms with Gasteiger partial charge in [0.25, 0.3) is 0 Å². The number of carbonyl (C=O) groups is 1. The Morgan fingerprint density at radius 3 is 2.58 bits per heavy atom. The zero-order valence-electron chi connectivity index (χ0n) is 12.2. The summed E-state index contributed by atoms with van der Waals surface area (Å²) in [6.45, 7) is 4.94. The smallest absolute Gasteiger partial charge is 0.187 e. The predicted octanol–water partition coefficient (Wildman–Crippen LogP) is 3.31. The van der Waals surface area contributed by atoms with E-state index in [-0.39, 0.29) is 11.7 Å². The fourth-order valence-electron chi connectivity index (χ4n) is 3.03. The largest absolute Gasteiger partial charge is 0.493 e. The first-order chi connectivity index (χ1) is 9.21. The first-order valence-electron chi connectivity index (χ1n) is 7.35. The topological polar surface area (TPSA) is 44.1 Å². The molecule has 1 aliphatic carbocycles. The van der Waals surface area contributed by atoms with Crippen molar-refractivity contribution in [1.82, 2.24) is 9.78 Å². The van der Waals surface area contributed by atoms with Gasteiger partial charge in [0.1, 0.15) is 5.69 Å². The molecule has 0 aliphatic heterocycles. The molecule has 1 aliphatic rings. The van der Waals surface area contributed by atoms with Gasteiger partial charge in [-0.3, -0.25) is 9.48 Å². The highest BCUT2D eigenvalue weighted by Crippen LogP contribution is 2.34. The van der Waals surface area contributed by atoms with E-state index >= 15 is 0 Å². The van der Waals surface area contributed by atoms with Gasteiger partial charge in [0.15, 0.2) is 11.5 Å². The molecule has 0 radical (unpaired) electrons. The summed E-state index contributed by atoms with van der Waals surface area (Å²) in [6, 6.07) is 0. The van der Waals surface area contributed by atoms with E-state index in [1.807, 2.05) is 6.92 Å². The molecule has 1 aromatic rings. The van der Waals surface area contributed by atoms with E-state index < -0.39 is 0 Å². The Hall–Kier alpha value is -1.32. The van der Waals surface area contributed by atoms with Crippen molar-refractivity contribution < 1.29 is 9.53 Å². The molecule has 4 nitrogen and oxygen atoms in total. The molecule has 0 N–H and O–H groups in total. The van der Waals surface area contributed by atoms with E-state index in [1.165, 1.54) is 19.3 Å². The van der Waals surface area contributed by atoms with E-state index in [9.17, 15) is 4.79 Å². The maximum atomic E-state index is 12.7. The zero-order chi connectivity index (χ0) is 13.8. The normalized spacial score (nSPS) is 23.3. The highest BCUT2D eigenvalue weighted by Gasteiger charge is 2.30. The molecular weight excluding hydrogens is 240 g/mol. The highest BCUT2D eigenvalue weighted by atomic mass is 16.5. The monoisotopic (exact) mass is 264 g/mol. The molecule has 1 fully saturated rings. The molecule has 0 saturated heterocycles. The van der Waals surface area contributed by atoms with Crippen LogP contribution in [0, 0.1) is 11.8 Å². The summed E-state index contributed by atoms with van der Waals surface area (Å²) in [7, 11) is 1.60. The van der Waals surface area contributed by atoms with Crippen molar-refractivity contribution in [1.29, 1.82) is 0 Å². The van der Waals surface area contributed by atoms with Gasteiger partial charge in [0.05, 0.1) is 13.3 Å². The van der Waals surface area contributed by atoms with Gasteiger partial charge in [-0.25, -0.2) is 0 Å². The van der Waals surface area contributed by atoms with Gasteiger partial charge in [-0.05, 0) is 38.5 Å². The molecule has 2 rings (SSSR count). The minimum atomic E-state index is 0.152. The average Bonchev–Trinajstić information content (AvgIpc) is 2.89. The van der Waals surface area contributed by atoms with E-state index in [4.69, 9.17) is 4.74 Å². The third-order valence-electron chi connectivity index (χ3n) is 4.35. The molecule has 0 bridgehead atoms. The summed E-state index contributed by atoms with van der Waals surface area (Å²) in [6.07, 6.45) is 7.25. The van der Waals surface area contributed by atoms with E-state index in [1.54, 1.807) is 18.0 Å². The minimum Gasteiger partial charge on any atom is -0.493 e. The molecule has 0 spiro atoms. The van der Waals surface area contributed by atoms with Gasteiger partial charge >= 0.3 is 0 Å². The molecule has 0 aromatic carbocycles. The molecule has 0 atom stereocenters. The Labute approximate surface area is 115 Å². The minimum absolute atomic E-state index is 0.152. The predicted molar refractivity (Wildman–Crippen MR) is 74.5 cm³/mol. The van der Waals surface area contributed by atoms with Gasteiger partial charge in [-0.15, -0.1) is 0 Å². The van der Waals surface area contributed by atoms with Crippen LogP contribution in [0.1, 0.15) is 56.4 Å². The van der Waals surface area contributed by atoms with E-state index in [0.717, 1.165) is 18.8 Å². The van der Waals surface area contributed by atoms with Crippen molar-refractivity contribution in [3.05, 3.63) is 11.9 Å². The van der Waals surface area contributed by atoms with Crippen LogP contribution in [0.2, 0.25) is 0 Å². The number of Topliss-reactive ketones (excluding diaryl/α,β-unsaturated/α-hetero) is 1. The zero-order valence-corrected chi connectivity index (χ0v) is 12.2. The summed E-state index contributed by atoms with van der Waals surface area (Å²) < 4.78 is 7.03. The third kappa shape index (κ3) is 2.82. The van der Waals surface area contributed by atoms with E-state index in [0.29, 0.717) is 18.0 Å². The molecule has 4 heteroatoms. The lowest BCUT2D eigenvalue weighted by Gasteiger charge is -2.27. The second-order valence-corrected chi connectivity index (χ2v) is 5.37. The number of hydrogen-bond donors (Lipinski definition) is 0. The number of ketones is 1. The molecule has 0 amide bonds. The van der Waals surface area contributed by atoms with Crippen molar-refractivity contribution in [2.45, 2.75) is 52.5 Å². The van der Waals surface area contributed by atoms with Gasteiger partial charge in [0, 0.05) is 12.5 Å². The molecule has 19 heavy (non-hydrogen) atoms. The van der Waals surface area contributed by atoms with Crippen molar-refractivity contribution in [3.63, 3.8) is 0 Å². The second kappa shape index (κ2) is 6.22. The van der Waals surface area contributed by atoms with Crippen LogP contribution in [0.3, 0.4) is 0 Å². The number of aryl methyl sites for hydroxylation is 1. The van der Waals surface area contributed by atoms with Gasteiger partial charge < -0.3 is 4.74 Å². The standard InChI is InChI=1S/C15H24N2O2/c1-4-11-6-8-12(9-7-11)15(18)14-13(19-3)10-16-17(14)5-2/h10-12H,4-9H2,1-3H3. The second-order valence-electron chi connectivity index (χ2n) is 5.37. The number of ether oxygens (including phenoxy) is 1. The molecule has 1 heterocycles. The van der Waals surface area contributed by atoms with Gasteiger partial charge in [0.2, 0.25) is 0 Å². The maximum absolute atomic E-state index is 12.7. The van der Waals surface area contributed by atoms with Crippen LogP contribution in [0.25, 0.3) is 0 Å². The van der Waals surface area contributed by atoms with Crippen molar-refractivity contribution in [3.8, 4) is 5.75 Å². The Morgan fingerprint density at radius 1 is 1.37 bits per heavy atom. The van der Waals surface area contributed by atoms with Crippen LogP contribution in [0.5, 0.6) is 5.75 Å². The van der Waals surface area contributed by atoms with Crippen molar-refractivity contribution in [2.24, 2.45) is 11.8 Å². The first kappa shape index (κ1) is 14.1. The van der Waals surface area contributed by atoms with E-state index in [2.05, 4.69) is 12.0 Å². The number of rotatable bonds is 5. The first-order valence-corrected chi connectivity index (χ1v) is 7.35. The van der Waals surface area contributed by atoms with Gasteiger partial charge in [-0.1, -0.05) is 13.3 Å². The molecule has 0 unspecified atom stereocenters. The van der Waals surface area contributed by atoms with Crippen LogP contribution in [-0.2, 0) is 6.54 Å². The average molecular weight is 264 g/mol. The lowest BCUT2D eigenvalue weighted by atomic mass is 9.78. The Balaban J connectivity index is 2.13. The molecular formula is C15H24N2O2. The molecule has 1 aromatic heterocycles. The summed E-state index contributed by atoms with van der Waals surface area (Å²) in [5, 5.41) is 4.22. The maximum Gasteiger partial charge on any atom is 0.187 e. The van der Waals surface area contributed by atoms with Crippen LogP contribution < -0.4 is 4.74 Å². The highest BCUT2D eigenvalue weighted by molar-refractivity contribution is 5.98. The lowest BCUT2D eigenvalue weighted by Crippen LogP contribution is -2.24. The Kier molecular flexibility index (Phi) is 4.61. The number of carbonyl (C=O) groups excluding carboxylic acids is 1.